The third-order valence-electron chi connectivity index (χ3n) is 4.12. The van der Waals surface area contributed by atoms with Crippen LogP contribution < -0.4 is 10.6 Å². The topological polar surface area (TPSA) is 61.4 Å². The lowest BCUT2D eigenvalue weighted by Gasteiger charge is -2.23. The Balaban J connectivity index is 1.88. The molecule has 1 aromatic carbocycles. The van der Waals surface area contributed by atoms with E-state index in [1.807, 2.05) is 19.1 Å². The van der Waals surface area contributed by atoms with Crippen LogP contribution in [0, 0.1) is 13.8 Å². The van der Waals surface area contributed by atoms with E-state index in [-0.39, 0.29) is 12.1 Å². The van der Waals surface area contributed by atoms with Gasteiger partial charge in [-0.05, 0) is 49.6 Å². The van der Waals surface area contributed by atoms with Gasteiger partial charge in [-0.1, -0.05) is 18.2 Å². The number of hydrogen-bond acceptors (Lipinski definition) is 3. The molecule has 0 bridgehead atoms. The summed E-state index contributed by atoms with van der Waals surface area (Å²) in [6.45, 7) is 6.42. The number of urea groups is 1. The van der Waals surface area contributed by atoms with Crippen LogP contribution in [0.1, 0.15) is 36.1 Å². The number of hydrogen-bond donors (Lipinski definition) is 3. The zero-order valence-corrected chi connectivity index (χ0v) is 13.7. The lowest BCUT2D eigenvalue weighted by molar-refractivity contribution is 0.0699. The summed E-state index contributed by atoms with van der Waals surface area (Å²) >= 11 is 1.73. The number of aliphatic hydroxyl groups is 1. The van der Waals surface area contributed by atoms with E-state index >= 15 is 0 Å². The van der Waals surface area contributed by atoms with E-state index in [4.69, 9.17) is 0 Å². The van der Waals surface area contributed by atoms with Crippen LogP contribution in [0.3, 0.4) is 0 Å². The van der Waals surface area contributed by atoms with Crippen LogP contribution in [0.25, 0.3) is 0 Å². The number of amides is 2. The Bertz CT molecular complexity index is 513. The zero-order valence-electron chi connectivity index (χ0n) is 12.9. The van der Waals surface area contributed by atoms with Crippen molar-refractivity contribution in [1.29, 1.82) is 0 Å². The van der Waals surface area contributed by atoms with E-state index in [2.05, 4.69) is 30.5 Å². The van der Waals surface area contributed by atoms with Gasteiger partial charge in [0.25, 0.3) is 0 Å². The number of aryl methyl sites for hydroxylation is 1. The minimum Gasteiger partial charge on any atom is -0.387 e. The summed E-state index contributed by atoms with van der Waals surface area (Å²) < 4.78 is 0. The van der Waals surface area contributed by atoms with Crippen molar-refractivity contribution in [2.75, 3.05) is 18.1 Å². The maximum atomic E-state index is 12.0. The first kappa shape index (κ1) is 16.2. The minimum absolute atomic E-state index is 0.0579. The highest BCUT2D eigenvalue weighted by Gasteiger charge is 2.32. The maximum absolute atomic E-state index is 12.0. The van der Waals surface area contributed by atoms with Crippen molar-refractivity contribution in [3.63, 3.8) is 0 Å². The molecule has 0 spiro atoms. The predicted octanol–water partition coefficient (Wildman–Crippen LogP) is 2.53. The molecular formula is C16H24N2O2S. The van der Waals surface area contributed by atoms with Crippen LogP contribution in [-0.2, 0) is 0 Å². The Morgan fingerprint density at radius 3 is 2.90 bits per heavy atom. The minimum atomic E-state index is -0.746. The van der Waals surface area contributed by atoms with Gasteiger partial charge in [0.1, 0.15) is 0 Å². The monoisotopic (exact) mass is 308 g/mol. The molecule has 2 rings (SSSR count). The average molecular weight is 308 g/mol. The predicted molar refractivity (Wildman–Crippen MR) is 87.8 cm³/mol. The van der Waals surface area contributed by atoms with Gasteiger partial charge in [0.05, 0.1) is 11.6 Å². The van der Waals surface area contributed by atoms with E-state index in [1.165, 1.54) is 11.1 Å². The van der Waals surface area contributed by atoms with Crippen molar-refractivity contribution in [2.24, 2.45) is 0 Å². The van der Waals surface area contributed by atoms with Gasteiger partial charge in [-0.15, -0.1) is 0 Å². The van der Waals surface area contributed by atoms with Gasteiger partial charge in [-0.2, -0.15) is 11.8 Å². The van der Waals surface area contributed by atoms with Gasteiger partial charge in [-0.25, -0.2) is 4.79 Å². The first-order valence-corrected chi connectivity index (χ1v) is 8.47. The molecule has 1 heterocycles. The van der Waals surface area contributed by atoms with Crippen LogP contribution >= 0.6 is 11.8 Å². The van der Waals surface area contributed by atoms with Crippen molar-refractivity contribution in [3.8, 4) is 0 Å². The summed E-state index contributed by atoms with van der Waals surface area (Å²) in [7, 11) is 0. The summed E-state index contributed by atoms with van der Waals surface area (Å²) in [5, 5.41) is 15.9. The third-order valence-corrected chi connectivity index (χ3v) is 5.36. The second-order valence-electron chi connectivity index (χ2n) is 5.86. The quantitative estimate of drug-likeness (QED) is 0.801. The van der Waals surface area contributed by atoms with Crippen LogP contribution in [0.4, 0.5) is 4.79 Å². The molecule has 0 saturated carbocycles. The SMILES string of the molecule is Cc1cccc([C@@H](C)NC(=O)NC[C@]2(O)CCSC2)c1C. The van der Waals surface area contributed by atoms with E-state index in [1.54, 1.807) is 11.8 Å². The number of rotatable bonds is 4. The maximum Gasteiger partial charge on any atom is 0.315 e. The lowest BCUT2D eigenvalue weighted by atomic mass is 9.98. The Hall–Kier alpha value is -1.20. The first-order chi connectivity index (χ1) is 9.91. The number of thioether (sulfide) groups is 1. The molecular weight excluding hydrogens is 284 g/mol. The average Bonchev–Trinajstić information content (AvgIpc) is 2.87. The van der Waals surface area contributed by atoms with Crippen molar-refractivity contribution in [1.82, 2.24) is 10.6 Å². The molecule has 0 radical (unpaired) electrons. The van der Waals surface area contributed by atoms with Crippen molar-refractivity contribution in [2.45, 2.75) is 38.8 Å². The summed E-state index contributed by atoms with van der Waals surface area (Å²) in [5.74, 6) is 1.65. The van der Waals surface area contributed by atoms with E-state index < -0.39 is 5.60 Å². The Labute approximate surface area is 130 Å². The fourth-order valence-corrected chi connectivity index (χ4v) is 3.84. The number of benzene rings is 1. The number of nitrogens with one attached hydrogen (secondary N) is 2. The fraction of sp³-hybridized carbons (Fsp3) is 0.562. The highest BCUT2D eigenvalue weighted by atomic mass is 32.2. The van der Waals surface area contributed by atoms with E-state index in [0.717, 1.165) is 17.7 Å². The van der Waals surface area contributed by atoms with E-state index in [9.17, 15) is 9.90 Å². The van der Waals surface area contributed by atoms with Gasteiger partial charge >= 0.3 is 6.03 Å². The van der Waals surface area contributed by atoms with Gasteiger partial charge in [0.15, 0.2) is 0 Å². The normalized spacial score (nSPS) is 22.9. The summed E-state index contributed by atoms with van der Waals surface area (Å²) in [6, 6.07) is 5.82. The Morgan fingerprint density at radius 2 is 2.24 bits per heavy atom. The molecule has 1 saturated heterocycles. The summed E-state index contributed by atoms with van der Waals surface area (Å²) in [5.41, 5.74) is 2.81. The number of carbonyl (C=O) groups excluding carboxylic acids is 1. The molecule has 5 heteroatoms. The first-order valence-electron chi connectivity index (χ1n) is 7.32. The van der Waals surface area contributed by atoms with Crippen LogP contribution in [0.15, 0.2) is 18.2 Å². The molecule has 2 amide bonds. The second kappa shape index (κ2) is 6.71. The zero-order chi connectivity index (χ0) is 15.5. The molecule has 0 aromatic heterocycles. The molecule has 1 aliphatic rings. The van der Waals surface area contributed by atoms with Crippen molar-refractivity contribution < 1.29 is 9.90 Å². The van der Waals surface area contributed by atoms with Gasteiger partial charge in [0, 0.05) is 12.3 Å². The smallest absolute Gasteiger partial charge is 0.315 e. The van der Waals surface area contributed by atoms with Gasteiger partial charge in [0.2, 0.25) is 0 Å². The van der Waals surface area contributed by atoms with Crippen molar-refractivity contribution in [3.05, 3.63) is 34.9 Å². The number of carbonyl (C=O) groups is 1. The largest absolute Gasteiger partial charge is 0.387 e. The van der Waals surface area contributed by atoms with Crippen LogP contribution in [-0.4, -0.2) is 34.8 Å². The molecule has 116 valence electrons. The van der Waals surface area contributed by atoms with Crippen LogP contribution in [0.5, 0.6) is 0 Å². The molecule has 2 atom stereocenters. The fourth-order valence-electron chi connectivity index (χ4n) is 2.55. The molecule has 4 nitrogen and oxygen atoms in total. The Morgan fingerprint density at radius 1 is 1.48 bits per heavy atom. The second-order valence-corrected chi connectivity index (χ2v) is 6.97. The van der Waals surface area contributed by atoms with Crippen LogP contribution in [0.2, 0.25) is 0 Å². The molecule has 1 aliphatic heterocycles. The van der Waals surface area contributed by atoms with Crippen molar-refractivity contribution >= 4 is 17.8 Å². The highest BCUT2D eigenvalue weighted by molar-refractivity contribution is 7.99. The standard InChI is InChI=1S/C16H24N2O2S/c1-11-5-4-6-14(12(11)2)13(3)18-15(19)17-9-16(20)7-8-21-10-16/h4-6,13,20H,7-10H2,1-3H3,(H2,17,18,19)/t13-,16-/m1/s1. The molecule has 0 aliphatic carbocycles. The molecule has 21 heavy (non-hydrogen) atoms. The van der Waals surface area contributed by atoms with E-state index in [0.29, 0.717) is 12.3 Å². The molecule has 3 N–H and O–H groups in total. The third kappa shape index (κ3) is 4.14. The lowest BCUT2D eigenvalue weighted by Crippen LogP contribution is -2.47. The van der Waals surface area contributed by atoms with Gasteiger partial charge in [-0.3, -0.25) is 0 Å². The molecule has 0 unspecified atom stereocenters. The van der Waals surface area contributed by atoms with Gasteiger partial charge < -0.3 is 15.7 Å². The molecule has 1 aromatic rings. The molecule has 1 fully saturated rings. The summed E-state index contributed by atoms with van der Waals surface area (Å²) in [4.78, 5) is 12.0. The highest BCUT2D eigenvalue weighted by Crippen LogP contribution is 2.27. The Kier molecular flexibility index (Phi) is 5.17. The summed E-state index contributed by atoms with van der Waals surface area (Å²) in [6.07, 6.45) is 0.741.